The van der Waals surface area contributed by atoms with Crippen molar-refractivity contribution in [3.63, 3.8) is 0 Å². The largest absolute Gasteiger partial charge is 0.256 e. The van der Waals surface area contributed by atoms with Gasteiger partial charge in [0, 0.05) is 6.42 Å². The minimum atomic E-state index is 1.22. The fourth-order valence-corrected chi connectivity index (χ4v) is 6.19. The highest BCUT2D eigenvalue weighted by Gasteiger charge is 2.15. The summed E-state index contributed by atoms with van der Waals surface area (Å²) in [6.45, 7) is 9.39. The first-order valence-electron chi connectivity index (χ1n) is 18.4. The van der Waals surface area contributed by atoms with E-state index in [2.05, 4.69) is 42.3 Å². The standard InChI is InChI=1S/C37H73N2/c1-4-7-9-11-13-15-17-18-19-20-21-23-25-27-29-31-34-39-36-35-38(37(39)32-6-3)33-30-28-26-24-22-16-14-12-10-8-5-2/h35-36H,4-34H2,1-3H3/q+1. The summed E-state index contributed by atoms with van der Waals surface area (Å²) in [5, 5.41) is 0. The second kappa shape index (κ2) is 28.7. The van der Waals surface area contributed by atoms with Gasteiger partial charge in [0.15, 0.2) is 0 Å². The van der Waals surface area contributed by atoms with E-state index in [1.165, 1.54) is 199 Å². The second-order valence-electron chi connectivity index (χ2n) is 12.7. The predicted molar refractivity (Wildman–Crippen MR) is 175 cm³/mol. The zero-order chi connectivity index (χ0) is 28.1. The summed E-state index contributed by atoms with van der Waals surface area (Å²) in [6, 6.07) is 0. The number of aromatic nitrogens is 2. The molecule has 0 unspecified atom stereocenters. The lowest BCUT2D eigenvalue weighted by molar-refractivity contribution is -0.704. The Balaban J connectivity index is 2.01. The van der Waals surface area contributed by atoms with Crippen LogP contribution in [0.2, 0.25) is 0 Å². The molecule has 0 fully saturated rings. The Morgan fingerprint density at radius 2 is 0.795 bits per heavy atom. The molecule has 39 heavy (non-hydrogen) atoms. The monoisotopic (exact) mass is 546 g/mol. The van der Waals surface area contributed by atoms with Gasteiger partial charge >= 0.3 is 0 Å². The fraction of sp³-hybridized carbons (Fsp3) is 0.919. The molecular weight excluding hydrogens is 472 g/mol. The zero-order valence-electron chi connectivity index (χ0n) is 27.5. The van der Waals surface area contributed by atoms with Crippen molar-refractivity contribution in [2.45, 2.75) is 220 Å². The van der Waals surface area contributed by atoms with E-state index >= 15 is 0 Å². The highest BCUT2D eigenvalue weighted by atomic mass is 15.1. The first kappa shape index (κ1) is 36.2. The summed E-state index contributed by atoms with van der Waals surface area (Å²) in [5.41, 5.74) is 0. The molecule has 0 N–H and O–H groups in total. The third-order valence-electron chi connectivity index (χ3n) is 8.82. The molecule has 230 valence electrons. The van der Waals surface area contributed by atoms with Crippen LogP contribution < -0.4 is 4.57 Å². The Morgan fingerprint density at radius 1 is 0.436 bits per heavy atom. The van der Waals surface area contributed by atoms with Gasteiger partial charge in [-0.2, -0.15) is 0 Å². The Bertz CT molecular complexity index is 605. The molecule has 1 heterocycles. The molecule has 1 aromatic rings. The van der Waals surface area contributed by atoms with Crippen LogP contribution in [-0.2, 0) is 19.5 Å². The molecule has 0 bridgehead atoms. The van der Waals surface area contributed by atoms with Gasteiger partial charge < -0.3 is 0 Å². The molecule has 0 radical (unpaired) electrons. The number of aryl methyl sites for hydroxylation is 2. The molecule has 0 saturated heterocycles. The van der Waals surface area contributed by atoms with E-state index in [9.17, 15) is 0 Å². The maximum Gasteiger partial charge on any atom is 0.256 e. The second-order valence-corrected chi connectivity index (χ2v) is 12.7. The molecule has 2 nitrogen and oxygen atoms in total. The van der Waals surface area contributed by atoms with E-state index in [0.29, 0.717) is 0 Å². The molecular formula is C37H73N2+. The van der Waals surface area contributed by atoms with Crippen molar-refractivity contribution < 1.29 is 4.57 Å². The van der Waals surface area contributed by atoms with Gasteiger partial charge in [0.05, 0.1) is 13.1 Å². The number of rotatable bonds is 31. The summed E-state index contributed by atoms with van der Waals surface area (Å²) < 4.78 is 5.15. The molecule has 0 aliphatic carbocycles. The molecule has 1 rings (SSSR count). The fourth-order valence-electron chi connectivity index (χ4n) is 6.19. The Morgan fingerprint density at radius 3 is 1.18 bits per heavy atom. The van der Waals surface area contributed by atoms with Crippen molar-refractivity contribution in [1.29, 1.82) is 0 Å². The minimum absolute atomic E-state index is 1.22. The van der Waals surface area contributed by atoms with Gasteiger partial charge in [-0.15, -0.1) is 0 Å². The molecule has 0 aliphatic heterocycles. The van der Waals surface area contributed by atoms with Crippen LogP contribution in [0, 0.1) is 0 Å². The lowest BCUT2D eigenvalue weighted by Gasteiger charge is -2.06. The maximum atomic E-state index is 2.58. The van der Waals surface area contributed by atoms with E-state index in [0.717, 1.165) is 0 Å². The first-order valence-corrected chi connectivity index (χ1v) is 18.4. The SMILES string of the molecule is CCCCCCCCCCCCCCCCCCn1cc[n+](CCCCCCCCCCCCC)c1CCC. The maximum absolute atomic E-state index is 2.58. The van der Waals surface area contributed by atoms with Gasteiger partial charge in [0.25, 0.3) is 5.82 Å². The number of imidazole rings is 1. The van der Waals surface area contributed by atoms with Gasteiger partial charge in [-0.25, -0.2) is 9.13 Å². The summed E-state index contributed by atoms with van der Waals surface area (Å²) >= 11 is 0. The van der Waals surface area contributed by atoms with Crippen molar-refractivity contribution in [3.8, 4) is 0 Å². The molecule has 1 aromatic heterocycles. The summed E-state index contributed by atoms with van der Waals surface area (Å²) in [6.07, 6.45) is 46.1. The number of hydrogen-bond acceptors (Lipinski definition) is 0. The van der Waals surface area contributed by atoms with Crippen molar-refractivity contribution in [1.82, 2.24) is 4.57 Å². The zero-order valence-corrected chi connectivity index (χ0v) is 27.5. The van der Waals surface area contributed by atoms with Crippen LogP contribution >= 0.6 is 0 Å². The van der Waals surface area contributed by atoms with Crippen molar-refractivity contribution >= 4 is 0 Å². The van der Waals surface area contributed by atoms with Crippen LogP contribution in [0.5, 0.6) is 0 Å². The average Bonchev–Trinajstić information content (AvgIpc) is 3.32. The predicted octanol–water partition coefficient (Wildman–Crippen LogP) is 12.3. The van der Waals surface area contributed by atoms with Crippen molar-refractivity contribution in [2.75, 3.05) is 0 Å². The van der Waals surface area contributed by atoms with Crippen LogP contribution in [0.25, 0.3) is 0 Å². The summed E-state index contributed by atoms with van der Waals surface area (Å²) in [5.74, 6) is 1.57. The quantitative estimate of drug-likeness (QED) is 0.0648. The Hall–Kier alpha value is -0.790. The average molecular weight is 546 g/mol. The molecule has 0 aromatic carbocycles. The van der Waals surface area contributed by atoms with Gasteiger partial charge in [-0.05, 0) is 32.1 Å². The van der Waals surface area contributed by atoms with Crippen LogP contribution in [0.3, 0.4) is 0 Å². The van der Waals surface area contributed by atoms with Gasteiger partial charge in [0.1, 0.15) is 12.4 Å². The van der Waals surface area contributed by atoms with E-state index in [-0.39, 0.29) is 0 Å². The molecule has 0 amide bonds. The van der Waals surface area contributed by atoms with Gasteiger partial charge in [-0.1, -0.05) is 168 Å². The lowest BCUT2D eigenvalue weighted by atomic mass is 10.0. The number of nitrogens with zero attached hydrogens (tertiary/aromatic N) is 2. The van der Waals surface area contributed by atoms with E-state index in [1.54, 1.807) is 5.82 Å². The molecule has 2 heteroatoms. The number of unbranched alkanes of at least 4 members (excludes halogenated alkanes) is 25. The third kappa shape index (κ3) is 21.6. The van der Waals surface area contributed by atoms with E-state index in [1.807, 2.05) is 0 Å². The Labute approximate surface area is 247 Å². The van der Waals surface area contributed by atoms with E-state index < -0.39 is 0 Å². The third-order valence-corrected chi connectivity index (χ3v) is 8.82. The van der Waals surface area contributed by atoms with Crippen molar-refractivity contribution in [2.24, 2.45) is 0 Å². The summed E-state index contributed by atoms with van der Waals surface area (Å²) in [4.78, 5) is 0. The van der Waals surface area contributed by atoms with Crippen LogP contribution in [0.1, 0.15) is 206 Å². The van der Waals surface area contributed by atoms with Crippen LogP contribution in [0.4, 0.5) is 0 Å². The smallest absolute Gasteiger partial charge is 0.234 e. The molecule has 0 spiro atoms. The molecule has 0 aliphatic rings. The van der Waals surface area contributed by atoms with Crippen molar-refractivity contribution in [3.05, 3.63) is 18.2 Å². The first-order chi connectivity index (χ1) is 19.3. The number of hydrogen-bond donors (Lipinski definition) is 0. The highest BCUT2D eigenvalue weighted by Crippen LogP contribution is 2.15. The van der Waals surface area contributed by atoms with Gasteiger partial charge in [0.2, 0.25) is 0 Å². The Kier molecular flexibility index (Phi) is 26.7. The highest BCUT2D eigenvalue weighted by molar-refractivity contribution is 4.84. The van der Waals surface area contributed by atoms with Gasteiger partial charge in [-0.3, -0.25) is 0 Å². The topological polar surface area (TPSA) is 8.81 Å². The molecule has 0 atom stereocenters. The molecule has 0 saturated carbocycles. The normalized spacial score (nSPS) is 11.6. The lowest BCUT2D eigenvalue weighted by Crippen LogP contribution is -2.37. The minimum Gasteiger partial charge on any atom is -0.234 e. The van der Waals surface area contributed by atoms with E-state index in [4.69, 9.17) is 0 Å². The van der Waals surface area contributed by atoms with Crippen LogP contribution in [0.15, 0.2) is 12.4 Å². The summed E-state index contributed by atoms with van der Waals surface area (Å²) in [7, 11) is 0. The van der Waals surface area contributed by atoms with Crippen LogP contribution in [-0.4, -0.2) is 4.57 Å².